The van der Waals surface area contributed by atoms with Gasteiger partial charge < -0.3 is 15.4 Å². The summed E-state index contributed by atoms with van der Waals surface area (Å²) in [5.41, 5.74) is 6.17. The molecule has 1 aromatic heterocycles. The maximum absolute atomic E-state index is 10.2. The number of aromatic nitrogens is 2. The number of aliphatic carboxylic acids is 1. The molecule has 0 aliphatic rings. The number of nitrogen functional groups attached to an aromatic ring is 1. The molecule has 66 valence electrons. The first kappa shape index (κ1) is 8.58. The molecule has 0 saturated heterocycles. The molecular weight excluding hydrogens is 158 g/mol. The zero-order chi connectivity index (χ0) is 9.14. The number of imidazole rings is 1. The molecule has 0 fully saturated rings. The maximum atomic E-state index is 10.2. The second-order valence-corrected chi connectivity index (χ2v) is 2.60. The van der Waals surface area contributed by atoms with Crippen LogP contribution in [0.25, 0.3) is 0 Å². The van der Waals surface area contributed by atoms with E-state index in [1.165, 1.54) is 0 Å². The smallest absolute Gasteiger partial charge is 0.303 e. The molecule has 1 rings (SSSR count). The third-order valence-electron chi connectivity index (χ3n) is 1.56. The van der Waals surface area contributed by atoms with Crippen molar-refractivity contribution in [1.29, 1.82) is 0 Å². The highest BCUT2D eigenvalue weighted by Crippen LogP contribution is 2.04. The number of hydrogen-bond acceptors (Lipinski definition) is 3. The van der Waals surface area contributed by atoms with Crippen LogP contribution in [0.2, 0.25) is 0 Å². The summed E-state index contributed by atoms with van der Waals surface area (Å²) in [6, 6.07) is 0. The van der Waals surface area contributed by atoms with Crippen LogP contribution in [0.5, 0.6) is 0 Å². The minimum Gasteiger partial charge on any atom is -0.481 e. The molecule has 5 heteroatoms. The van der Waals surface area contributed by atoms with Gasteiger partial charge in [-0.3, -0.25) is 4.79 Å². The molecule has 5 nitrogen and oxygen atoms in total. The number of hydrogen-bond donors (Lipinski definition) is 2. The summed E-state index contributed by atoms with van der Waals surface area (Å²) in [7, 11) is 1.77. The SMILES string of the molecule is Cn1cc(CCC(=O)O)nc1N. The van der Waals surface area contributed by atoms with E-state index in [1.807, 2.05) is 0 Å². The van der Waals surface area contributed by atoms with E-state index in [1.54, 1.807) is 17.8 Å². The van der Waals surface area contributed by atoms with Crippen molar-refractivity contribution in [2.24, 2.45) is 7.05 Å². The van der Waals surface area contributed by atoms with Crippen molar-refractivity contribution in [3.63, 3.8) is 0 Å². The zero-order valence-electron chi connectivity index (χ0n) is 6.82. The van der Waals surface area contributed by atoms with Crippen molar-refractivity contribution < 1.29 is 9.90 Å². The molecule has 0 aliphatic carbocycles. The molecule has 0 unspecified atom stereocenters. The summed E-state index contributed by atoms with van der Waals surface area (Å²) in [4.78, 5) is 14.2. The lowest BCUT2D eigenvalue weighted by atomic mass is 10.2. The van der Waals surface area contributed by atoms with E-state index in [9.17, 15) is 4.79 Å². The Labute approximate surface area is 69.8 Å². The molecule has 0 spiro atoms. The standard InChI is InChI=1S/C7H11N3O2/c1-10-4-5(9-7(10)8)2-3-6(11)12/h4H,2-3H2,1H3,(H2,8,9)(H,11,12). The van der Waals surface area contributed by atoms with E-state index < -0.39 is 5.97 Å². The fourth-order valence-corrected chi connectivity index (χ4v) is 0.900. The Morgan fingerprint density at radius 3 is 2.92 bits per heavy atom. The Hall–Kier alpha value is -1.52. The predicted molar refractivity (Wildman–Crippen MR) is 43.6 cm³/mol. The van der Waals surface area contributed by atoms with Gasteiger partial charge in [-0.2, -0.15) is 0 Å². The van der Waals surface area contributed by atoms with Crippen LogP contribution < -0.4 is 5.73 Å². The molecule has 0 aliphatic heterocycles. The molecule has 0 aromatic carbocycles. The largest absolute Gasteiger partial charge is 0.481 e. The Bertz CT molecular complexity index is 273. The second kappa shape index (κ2) is 3.25. The minimum atomic E-state index is -0.820. The van der Waals surface area contributed by atoms with E-state index in [-0.39, 0.29) is 6.42 Å². The molecule has 12 heavy (non-hydrogen) atoms. The van der Waals surface area contributed by atoms with Gasteiger partial charge in [-0.05, 0) is 0 Å². The monoisotopic (exact) mass is 169 g/mol. The molecule has 0 bridgehead atoms. The lowest BCUT2D eigenvalue weighted by Gasteiger charge is -1.89. The van der Waals surface area contributed by atoms with Gasteiger partial charge in [0.25, 0.3) is 0 Å². The van der Waals surface area contributed by atoms with E-state index in [4.69, 9.17) is 10.8 Å². The van der Waals surface area contributed by atoms with Gasteiger partial charge in [0.2, 0.25) is 0 Å². The lowest BCUT2D eigenvalue weighted by molar-refractivity contribution is -0.136. The van der Waals surface area contributed by atoms with Crippen molar-refractivity contribution in [2.75, 3.05) is 5.73 Å². The third kappa shape index (κ3) is 1.98. The number of rotatable bonds is 3. The number of anilines is 1. The first-order valence-corrected chi connectivity index (χ1v) is 3.59. The average molecular weight is 169 g/mol. The van der Waals surface area contributed by atoms with Crippen molar-refractivity contribution in [3.8, 4) is 0 Å². The third-order valence-corrected chi connectivity index (χ3v) is 1.56. The average Bonchev–Trinajstić information content (AvgIpc) is 2.28. The van der Waals surface area contributed by atoms with Crippen molar-refractivity contribution in [2.45, 2.75) is 12.8 Å². The highest BCUT2D eigenvalue weighted by atomic mass is 16.4. The van der Waals surface area contributed by atoms with Gasteiger partial charge in [0.1, 0.15) is 0 Å². The van der Waals surface area contributed by atoms with Crippen LogP contribution in [0, 0.1) is 0 Å². The van der Waals surface area contributed by atoms with E-state index in [0.29, 0.717) is 12.4 Å². The van der Waals surface area contributed by atoms with Crippen LogP contribution in [0.4, 0.5) is 5.95 Å². The van der Waals surface area contributed by atoms with Gasteiger partial charge in [0, 0.05) is 19.7 Å². The number of nitrogens with zero attached hydrogens (tertiary/aromatic N) is 2. The van der Waals surface area contributed by atoms with Gasteiger partial charge in [-0.15, -0.1) is 0 Å². The van der Waals surface area contributed by atoms with Gasteiger partial charge in [-0.1, -0.05) is 0 Å². The first-order chi connectivity index (χ1) is 5.59. The Kier molecular flexibility index (Phi) is 2.32. The molecule has 0 radical (unpaired) electrons. The number of nitrogens with two attached hydrogens (primary N) is 1. The van der Waals surface area contributed by atoms with Crippen molar-refractivity contribution in [1.82, 2.24) is 9.55 Å². The lowest BCUT2D eigenvalue weighted by Crippen LogP contribution is -1.97. The quantitative estimate of drug-likeness (QED) is 0.668. The van der Waals surface area contributed by atoms with Crippen LogP contribution in [-0.2, 0) is 18.3 Å². The van der Waals surface area contributed by atoms with Crippen molar-refractivity contribution >= 4 is 11.9 Å². The topological polar surface area (TPSA) is 81.1 Å². The second-order valence-electron chi connectivity index (χ2n) is 2.60. The van der Waals surface area contributed by atoms with Crippen LogP contribution in [0.1, 0.15) is 12.1 Å². The molecule has 3 N–H and O–H groups in total. The Morgan fingerprint density at radius 1 is 1.83 bits per heavy atom. The first-order valence-electron chi connectivity index (χ1n) is 3.59. The summed E-state index contributed by atoms with van der Waals surface area (Å²) >= 11 is 0. The minimum absolute atomic E-state index is 0.0937. The summed E-state index contributed by atoms with van der Waals surface area (Å²) in [5, 5.41) is 8.39. The summed E-state index contributed by atoms with van der Waals surface area (Å²) < 4.78 is 1.66. The number of carboxylic acid groups (broad SMARTS) is 1. The van der Waals surface area contributed by atoms with E-state index in [2.05, 4.69) is 4.98 Å². The Balaban J connectivity index is 2.58. The maximum Gasteiger partial charge on any atom is 0.303 e. The van der Waals surface area contributed by atoms with Gasteiger partial charge in [0.15, 0.2) is 5.95 Å². The molecular formula is C7H11N3O2. The summed E-state index contributed by atoms with van der Waals surface area (Å²) in [6.45, 7) is 0. The normalized spacial score (nSPS) is 10.1. The van der Waals surface area contributed by atoms with Crippen LogP contribution in [-0.4, -0.2) is 20.6 Å². The predicted octanol–water partition coefficient (Wildman–Crippen LogP) is 0.0195. The highest BCUT2D eigenvalue weighted by molar-refractivity contribution is 5.66. The number of carboxylic acids is 1. The highest BCUT2D eigenvalue weighted by Gasteiger charge is 2.03. The zero-order valence-corrected chi connectivity index (χ0v) is 6.82. The summed E-state index contributed by atoms with van der Waals surface area (Å²) in [5.74, 6) is -0.408. The summed E-state index contributed by atoms with van der Waals surface area (Å²) in [6.07, 6.45) is 2.26. The Morgan fingerprint density at radius 2 is 2.50 bits per heavy atom. The molecule has 0 atom stereocenters. The van der Waals surface area contributed by atoms with Gasteiger partial charge >= 0.3 is 5.97 Å². The van der Waals surface area contributed by atoms with E-state index >= 15 is 0 Å². The number of carbonyl (C=O) groups is 1. The fourth-order valence-electron chi connectivity index (χ4n) is 0.900. The molecule has 0 amide bonds. The van der Waals surface area contributed by atoms with Crippen LogP contribution >= 0.6 is 0 Å². The molecule has 1 aromatic rings. The molecule has 1 heterocycles. The van der Waals surface area contributed by atoms with E-state index in [0.717, 1.165) is 5.69 Å². The van der Waals surface area contributed by atoms with Crippen LogP contribution in [0.3, 0.4) is 0 Å². The number of aryl methyl sites for hydroxylation is 2. The van der Waals surface area contributed by atoms with Crippen LogP contribution in [0.15, 0.2) is 6.20 Å². The fraction of sp³-hybridized carbons (Fsp3) is 0.429. The van der Waals surface area contributed by atoms with Gasteiger partial charge in [0.05, 0.1) is 12.1 Å². The molecule has 0 saturated carbocycles. The van der Waals surface area contributed by atoms with Crippen molar-refractivity contribution in [3.05, 3.63) is 11.9 Å². The van der Waals surface area contributed by atoms with Gasteiger partial charge in [-0.25, -0.2) is 4.98 Å².